The van der Waals surface area contributed by atoms with Crippen molar-refractivity contribution >= 4 is 11.9 Å². The zero-order chi connectivity index (χ0) is 27.4. The molecular weight excluding hydrogens is 476 g/mol. The molecule has 6 unspecified atom stereocenters. The van der Waals surface area contributed by atoms with Crippen LogP contribution in [0.2, 0.25) is 0 Å². The largest absolute Gasteiger partial charge is 0.372 e. The smallest absolute Gasteiger partial charge is 0.133 e. The van der Waals surface area contributed by atoms with E-state index in [-0.39, 0.29) is 0 Å². The molecule has 4 aliphatic carbocycles. The normalized spacial score (nSPS) is 32.7. The summed E-state index contributed by atoms with van der Waals surface area (Å²) in [7, 11) is 0. The summed E-state index contributed by atoms with van der Waals surface area (Å²) in [4.78, 5) is 12.4. The Morgan fingerprint density at radius 1 is 1.03 bits per heavy atom. The first-order chi connectivity index (χ1) is 19.0. The van der Waals surface area contributed by atoms with Gasteiger partial charge in [0.2, 0.25) is 0 Å². The van der Waals surface area contributed by atoms with Crippen LogP contribution in [0.5, 0.6) is 0 Å². The lowest BCUT2D eigenvalue weighted by Gasteiger charge is -2.54. The molecule has 0 amide bonds. The third-order valence-electron chi connectivity index (χ3n) is 10.8. The van der Waals surface area contributed by atoms with Crippen LogP contribution < -0.4 is 10.6 Å². The van der Waals surface area contributed by atoms with E-state index in [1.54, 1.807) is 11.1 Å². The maximum absolute atomic E-state index is 12.4. The zero-order valence-electron chi connectivity index (χ0n) is 25.0. The lowest BCUT2D eigenvalue weighted by Crippen LogP contribution is -2.44. The summed E-state index contributed by atoms with van der Waals surface area (Å²) in [5, 5.41) is 6.88. The van der Waals surface area contributed by atoms with Crippen molar-refractivity contribution in [2.75, 3.05) is 13.1 Å². The summed E-state index contributed by atoms with van der Waals surface area (Å²) >= 11 is 0. The van der Waals surface area contributed by atoms with Gasteiger partial charge in [-0.3, -0.25) is 4.79 Å². The van der Waals surface area contributed by atoms with Crippen LogP contribution in [0.1, 0.15) is 115 Å². The second-order valence-electron chi connectivity index (χ2n) is 13.0. The maximum atomic E-state index is 12.4. The van der Waals surface area contributed by atoms with Crippen molar-refractivity contribution in [2.24, 2.45) is 29.1 Å². The first-order valence-electron chi connectivity index (χ1n) is 16.2. The number of hydrogen-bond acceptors (Lipinski definition) is 3. The van der Waals surface area contributed by atoms with Crippen LogP contribution in [0, 0.1) is 29.1 Å². The molecular formula is C36H52N2O. The molecule has 5 rings (SSSR count). The van der Waals surface area contributed by atoms with Gasteiger partial charge in [0, 0.05) is 31.8 Å². The molecule has 39 heavy (non-hydrogen) atoms. The van der Waals surface area contributed by atoms with Crippen molar-refractivity contribution in [3.63, 3.8) is 0 Å². The van der Waals surface area contributed by atoms with Crippen molar-refractivity contribution in [1.29, 1.82) is 0 Å². The number of rotatable bonds is 10. The van der Waals surface area contributed by atoms with Gasteiger partial charge in [-0.15, -0.1) is 0 Å². The summed E-state index contributed by atoms with van der Waals surface area (Å²) in [6.07, 6.45) is 19.7. The number of fused-ring (bicyclic) bond motifs is 4. The Hall–Kier alpha value is -2.29. The molecule has 3 nitrogen and oxygen atoms in total. The number of carbonyl (C=O) groups excluding carboxylic acids is 1. The lowest BCUT2D eigenvalue weighted by molar-refractivity contribution is -0.120. The standard InChI is InChI=1S/C36H52N2O/c1-5-9-28-17-21-33-31-19-16-27-23-29(39)18-20-30(27)35(31)32(24-36(28,33)4)26-14-12-25(13-15-26)11-8-22-38-34(10-6-2)37-7-3/h8,10-15,27-28,31-33,37-38H,5-7,9,16-24H2,1-4H3/b11-8+,34-10+. The third-order valence-corrected chi connectivity index (χ3v) is 10.8. The van der Waals surface area contributed by atoms with Crippen molar-refractivity contribution < 1.29 is 4.79 Å². The predicted molar refractivity (Wildman–Crippen MR) is 164 cm³/mol. The molecule has 3 fully saturated rings. The van der Waals surface area contributed by atoms with E-state index in [0.29, 0.717) is 23.0 Å². The minimum absolute atomic E-state index is 0.452. The molecule has 4 aliphatic rings. The number of allylic oxidation sites excluding steroid dienone is 3. The van der Waals surface area contributed by atoms with E-state index >= 15 is 0 Å². The highest BCUT2D eigenvalue weighted by atomic mass is 16.1. The molecule has 0 aliphatic heterocycles. The number of Topliss-reactive ketones (excluding diaryl/α,β-unsaturated/α-hetero) is 1. The summed E-state index contributed by atoms with van der Waals surface area (Å²) in [6.45, 7) is 11.1. The highest BCUT2D eigenvalue weighted by molar-refractivity contribution is 5.80. The molecule has 2 N–H and O–H groups in total. The monoisotopic (exact) mass is 528 g/mol. The first-order valence-corrected chi connectivity index (χ1v) is 16.2. The van der Waals surface area contributed by atoms with Crippen molar-refractivity contribution in [1.82, 2.24) is 10.6 Å². The Bertz CT molecular complexity index is 1100. The Balaban J connectivity index is 1.39. The first kappa shape index (κ1) is 28.2. The van der Waals surface area contributed by atoms with Gasteiger partial charge >= 0.3 is 0 Å². The van der Waals surface area contributed by atoms with Crippen LogP contribution in [-0.2, 0) is 4.79 Å². The van der Waals surface area contributed by atoms with Crippen LogP contribution in [0.15, 0.2) is 53.4 Å². The average Bonchev–Trinajstić information content (AvgIpc) is 3.27. The van der Waals surface area contributed by atoms with E-state index < -0.39 is 0 Å². The second kappa shape index (κ2) is 12.5. The van der Waals surface area contributed by atoms with Crippen LogP contribution >= 0.6 is 0 Å². The fourth-order valence-electron chi connectivity index (χ4n) is 9.11. The second-order valence-corrected chi connectivity index (χ2v) is 13.0. The van der Waals surface area contributed by atoms with E-state index in [4.69, 9.17) is 0 Å². The molecule has 3 saturated carbocycles. The Kier molecular flexibility index (Phi) is 9.04. The molecule has 6 atom stereocenters. The minimum Gasteiger partial charge on any atom is -0.372 e. The van der Waals surface area contributed by atoms with Crippen molar-refractivity contribution in [3.05, 3.63) is 64.5 Å². The fraction of sp³-hybridized carbons (Fsp3) is 0.639. The Morgan fingerprint density at radius 3 is 2.59 bits per heavy atom. The van der Waals surface area contributed by atoms with E-state index in [1.807, 2.05) is 0 Å². The topological polar surface area (TPSA) is 41.1 Å². The molecule has 0 spiro atoms. The molecule has 3 heteroatoms. The van der Waals surface area contributed by atoms with Crippen LogP contribution in [0.3, 0.4) is 0 Å². The minimum atomic E-state index is 0.452. The van der Waals surface area contributed by atoms with Gasteiger partial charge in [0.25, 0.3) is 0 Å². The molecule has 0 heterocycles. The number of ketones is 1. The van der Waals surface area contributed by atoms with Crippen molar-refractivity contribution in [2.45, 2.75) is 104 Å². The van der Waals surface area contributed by atoms with E-state index in [1.165, 1.54) is 56.1 Å². The van der Waals surface area contributed by atoms with Crippen LogP contribution in [0.4, 0.5) is 0 Å². The highest BCUT2D eigenvalue weighted by Crippen LogP contribution is 2.66. The summed E-state index contributed by atoms with van der Waals surface area (Å²) in [5.41, 5.74) is 6.74. The molecule has 212 valence electrons. The van der Waals surface area contributed by atoms with E-state index in [9.17, 15) is 4.79 Å². The van der Waals surface area contributed by atoms with Crippen LogP contribution in [-0.4, -0.2) is 18.9 Å². The fourth-order valence-corrected chi connectivity index (χ4v) is 9.11. The average molecular weight is 529 g/mol. The molecule has 1 aromatic carbocycles. The summed E-state index contributed by atoms with van der Waals surface area (Å²) < 4.78 is 0. The number of carbonyl (C=O) groups is 1. The van der Waals surface area contributed by atoms with Gasteiger partial charge in [0.05, 0.1) is 5.82 Å². The van der Waals surface area contributed by atoms with Crippen molar-refractivity contribution in [3.8, 4) is 0 Å². The zero-order valence-corrected chi connectivity index (χ0v) is 25.0. The van der Waals surface area contributed by atoms with Gasteiger partial charge in [0.15, 0.2) is 0 Å². The third kappa shape index (κ3) is 5.79. The van der Waals surface area contributed by atoms with Gasteiger partial charge in [-0.1, -0.05) is 81.2 Å². The van der Waals surface area contributed by atoms with Gasteiger partial charge in [-0.25, -0.2) is 0 Å². The molecule has 1 aromatic rings. The van der Waals surface area contributed by atoms with Gasteiger partial charge < -0.3 is 10.6 Å². The summed E-state index contributed by atoms with van der Waals surface area (Å²) in [6, 6.07) is 9.51. The number of benzene rings is 1. The summed E-state index contributed by atoms with van der Waals surface area (Å²) in [5.74, 6) is 5.13. The SMILES string of the molecule is CC/C=C(\NCC)NC/C=C/c1ccc(C2CC3(C)C(CCC)CCC3C3CCC4CC(=O)CCC4=C23)cc1. The molecule has 0 bridgehead atoms. The Labute approximate surface area is 238 Å². The highest BCUT2D eigenvalue weighted by Gasteiger charge is 2.56. The molecule has 0 radical (unpaired) electrons. The van der Waals surface area contributed by atoms with Gasteiger partial charge in [-0.2, -0.15) is 0 Å². The van der Waals surface area contributed by atoms with E-state index in [2.05, 4.69) is 80.8 Å². The number of nitrogens with one attached hydrogen (secondary N) is 2. The quantitative estimate of drug-likeness (QED) is 0.299. The van der Waals surface area contributed by atoms with Crippen LogP contribution in [0.25, 0.3) is 6.08 Å². The predicted octanol–water partition coefficient (Wildman–Crippen LogP) is 8.55. The molecule has 0 saturated heterocycles. The number of hydrogen-bond donors (Lipinski definition) is 2. The van der Waals surface area contributed by atoms with Gasteiger partial charge in [-0.05, 0) is 98.2 Å². The Morgan fingerprint density at radius 2 is 1.85 bits per heavy atom. The van der Waals surface area contributed by atoms with E-state index in [0.717, 1.165) is 62.3 Å². The molecule has 0 aromatic heterocycles. The maximum Gasteiger partial charge on any atom is 0.133 e. The van der Waals surface area contributed by atoms with Gasteiger partial charge in [0.1, 0.15) is 5.78 Å². The lowest BCUT2D eigenvalue weighted by atomic mass is 9.51.